The Balaban J connectivity index is 1.72. The largest absolute Gasteiger partial charge is 0.340 e. The first-order valence-electron chi connectivity index (χ1n) is 10.1. The summed E-state index contributed by atoms with van der Waals surface area (Å²) in [5, 5.41) is 2.65. The van der Waals surface area contributed by atoms with Crippen molar-refractivity contribution >= 4 is 35.2 Å². The molecular formula is C24H31NP2. The Labute approximate surface area is 169 Å². The third kappa shape index (κ3) is 5.54. The Kier molecular flexibility index (Phi) is 7.69. The van der Waals surface area contributed by atoms with Gasteiger partial charge in [-0.25, -0.2) is 0 Å². The molecule has 0 aliphatic rings. The van der Waals surface area contributed by atoms with Gasteiger partial charge < -0.3 is 4.44 Å². The maximum atomic E-state index is 2.72. The van der Waals surface area contributed by atoms with Crippen LogP contribution >= 0.6 is 18.8 Å². The van der Waals surface area contributed by atoms with Gasteiger partial charge in [-0.2, -0.15) is 0 Å². The summed E-state index contributed by atoms with van der Waals surface area (Å²) in [6.45, 7) is 2.28. The summed E-state index contributed by atoms with van der Waals surface area (Å²) in [4.78, 5) is 0. The van der Waals surface area contributed by atoms with Crippen molar-refractivity contribution in [3.63, 3.8) is 0 Å². The van der Waals surface area contributed by atoms with E-state index < -0.39 is 0 Å². The lowest BCUT2D eigenvalue weighted by Crippen LogP contribution is -1.93. The molecule has 2 unspecified atom stereocenters. The minimum atomic E-state index is 1.19. The van der Waals surface area contributed by atoms with Gasteiger partial charge in [-0.05, 0) is 65.7 Å². The smallest absolute Gasteiger partial charge is 0.0502 e. The molecule has 1 nitrogen and oxygen atoms in total. The molecule has 0 radical (unpaired) electrons. The van der Waals surface area contributed by atoms with E-state index in [1.54, 1.807) is 0 Å². The maximum absolute atomic E-state index is 2.72. The average Bonchev–Trinajstić information content (AvgIpc) is 2.70. The van der Waals surface area contributed by atoms with E-state index in [9.17, 15) is 0 Å². The summed E-state index contributed by atoms with van der Waals surface area (Å²) in [6.07, 6.45) is 9.33. The predicted molar refractivity (Wildman–Crippen MR) is 128 cm³/mol. The standard InChI is InChI=1S/C24H31NP2/c1-2-3-4-5-6-7-10-19-13-14-21-18-22(16-15-20(21)17-19)23-11-8-9-12-24(23)25(26)27/h8-9,11-18H,2-7,10,26-27H2,1H3. The van der Waals surface area contributed by atoms with Gasteiger partial charge in [0.2, 0.25) is 0 Å². The number of rotatable bonds is 9. The fraction of sp³-hybridized carbons (Fsp3) is 0.333. The van der Waals surface area contributed by atoms with E-state index in [0.29, 0.717) is 0 Å². The number of unbranched alkanes of at least 4 members (excludes halogenated alkanes) is 5. The highest BCUT2D eigenvalue weighted by Crippen LogP contribution is 2.35. The zero-order valence-corrected chi connectivity index (χ0v) is 18.6. The first-order chi connectivity index (χ1) is 13.2. The number of anilines is 1. The Morgan fingerprint density at radius 3 is 2.26 bits per heavy atom. The molecule has 0 N–H and O–H groups in total. The molecule has 2 atom stereocenters. The summed E-state index contributed by atoms with van der Waals surface area (Å²) >= 11 is 0. The van der Waals surface area contributed by atoms with E-state index in [1.807, 2.05) is 4.44 Å². The number of benzene rings is 3. The molecule has 0 fully saturated rings. The molecule has 0 saturated heterocycles. The van der Waals surface area contributed by atoms with Crippen LogP contribution in [-0.4, -0.2) is 0 Å². The Morgan fingerprint density at radius 1 is 0.741 bits per heavy atom. The Bertz CT molecular complexity index is 873. The summed E-state index contributed by atoms with van der Waals surface area (Å²) < 4.78 is 2.02. The summed E-state index contributed by atoms with van der Waals surface area (Å²) in [5.41, 5.74) is 5.16. The minimum absolute atomic E-state index is 1.19. The van der Waals surface area contributed by atoms with E-state index in [-0.39, 0.29) is 0 Å². The lowest BCUT2D eigenvalue weighted by molar-refractivity contribution is 0.607. The van der Waals surface area contributed by atoms with Crippen LogP contribution in [0.1, 0.15) is 51.0 Å². The van der Waals surface area contributed by atoms with E-state index in [0.717, 1.165) is 0 Å². The van der Waals surface area contributed by atoms with Crippen molar-refractivity contribution < 1.29 is 0 Å². The molecule has 3 rings (SSSR count). The van der Waals surface area contributed by atoms with Crippen LogP contribution in [0.5, 0.6) is 0 Å². The maximum Gasteiger partial charge on any atom is 0.0502 e. The second-order valence-electron chi connectivity index (χ2n) is 7.34. The molecule has 0 aliphatic carbocycles. The average molecular weight is 395 g/mol. The van der Waals surface area contributed by atoms with Gasteiger partial charge in [0, 0.05) is 5.56 Å². The van der Waals surface area contributed by atoms with E-state index in [1.165, 1.54) is 78.1 Å². The zero-order valence-electron chi connectivity index (χ0n) is 16.3. The predicted octanol–water partition coefficient (Wildman–Crippen LogP) is 7.80. The second kappa shape index (κ2) is 10.2. The van der Waals surface area contributed by atoms with Crippen molar-refractivity contribution in [3.8, 4) is 11.1 Å². The number of hydrogen-bond donors (Lipinski definition) is 0. The fourth-order valence-corrected chi connectivity index (χ4v) is 4.12. The molecule has 142 valence electrons. The highest BCUT2D eigenvalue weighted by atomic mass is 31.1. The number of aryl methyl sites for hydroxylation is 1. The van der Waals surface area contributed by atoms with E-state index in [4.69, 9.17) is 0 Å². The van der Waals surface area contributed by atoms with Crippen molar-refractivity contribution in [2.45, 2.75) is 51.9 Å². The van der Waals surface area contributed by atoms with Crippen molar-refractivity contribution in [2.75, 3.05) is 4.44 Å². The lowest BCUT2D eigenvalue weighted by Gasteiger charge is -2.17. The highest BCUT2D eigenvalue weighted by Gasteiger charge is 2.07. The summed E-state index contributed by atoms with van der Waals surface area (Å²) in [6, 6.07) is 22.3. The summed E-state index contributed by atoms with van der Waals surface area (Å²) in [5.74, 6) is 0. The van der Waals surface area contributed by atoms with Gasteiger partial charge in [-0.15, -0.1) is 0 Å². The molecule has 0 bridgehead atoms. The van der Waals surface area contributed by atoms with Gasteiger partial charge in [-0.3, -0.25) is 0 Å². The van der Waals surface area contributed by atoms with Gasteiger partial charge in [0.25, 0.3) is 0 Å². The molecule has 0 saturated carbocycles. The molecular weight excluding hydrogens is 364 g/mol. The molecule has 0 aromatic heterocycles. The van der Waals surface area contributed by atoms with Crippen LogP contribution in [-0.2, 0) is 6.42 Å². The number of para-hydroxylation sites is 1. The van der Waals surface area contributed by atoms with Crippen LogP contribution in [0.2, 0.25) is 0 Å². The minimum Gasteiger partial charge on any atom is -0.340 e. The van der Waals surface area contributed by atoms with Crippen LogP contribution in [0.4, 0.5) is 5.69 Å². The molecule has 0 heterocycles. The second-order valence-corrected chi connectivity index (χ2v) is 9.05. The normalized spacial score (nSPS) is 11.1. The van der Waals surface area contributed by atoms with Crippen molar-refractivity contribution in [2.24, 2.45) is 0 Å². The number of fused-ring (bicyclic) bond motifs is 1. The van der Waals surface area contributed by atoms with Crippen LogP contribution < -0.4 is 4.44 Å². The van der Waals surface area contributed by atoms with Crippen LogP contribution in [0, 0.1) is 0 Å². The Hall–Kier alpha value is -1.42. The fourth-order valence-electron chi connectivity index (χ4n) is 3.67. The number of hydrogen-bond acceptors (Lipinski definition) is 1. The van der Waals surface area contributed by atoms with Gasteiger partial charge in [0.15, 0.2) is 0 Å². The summed E-state index contributed by atoms with van der Waals surface area (Å²) in [7, 11) is 5.44. The molecule has 3 aromatic carbocycles. The Morgan fingerprint density at radius 2 is 1.44 bits per heavy atom. The van der Waals surface area contributed by atoms with Gasteiger partial charge in [0.05, 0.1) is 5.69 Å². The topological polar surface area (TPSA) is 3.24 Å². The third-order valence-electron chi connectivity index (χ3n) is 5.22. The monoisotopic (exact) mass is 395 g/mol. The van der Waals surface area contributed by atoms with Crippen molar-refractivity contribution in [3.05, 3.63) is 66.2 Å². The first-order valence-corrected chi connectivity index (χ1v) is 11.1. The highest BCUT2D eigenvalue weighted by molar-refractivity contribution is 7.39. The molecule has 0 amide bonds. The van der Waals surface area contributed by atoms with Gasteiger partial charge in [0.1, 0.15) is 0 Å². The van der Waals surface area contributed by atoms with Crippen molar-refractivity contribution in [1.82, 2.24) is 0 Å². The van der Waals surface area contributed by atoms with Crippen LogP contribution in [0.25, 0.3) is 21.9 Å². The van der Waals surface area contributed by atoms with E-state index in [2.05, 4.69) is 86.4 Å². The van der Waals surface area contributed by atoms with Crippen LogP contribution in [0.15, 0.2) is 60.7 Å². The van der Waals surface area contributed by atoms with Gasteiger partial charge in [-0.1, -0.05) is 87.6 Å². The first kappa shape index (κ1) is 20.3. The SMILES string of the molecule is CCCCCCCCc1ccc2cc(-c3ccccc3N(P)P)ccc2c1. The quantitative estimate of drug-likeness (QED) is 0.264. The molecule has 27 heavy (non-hydrogen) atoms. The van der Waals surface area contributed by atoms with Crippen molar-refractivity contribution in [1.29, 1.82) is 0 Å². The molecule has 3 heteroatoms. The molecule has 0 aliphatic heterocycles. The lowest BCUT2D eigenvalue weighted by atomic mass is 9.97. The zero-order chi connectivity index (χ0) is 19.1. The van der Waals surface area contributed by atoms with Crippen LogP contribution in [0.3, 0.4) is 0 Å². The number of nitrogens with zero attached hydrogens (tertiary/aromatic N) is 1. The van der Waals surface area contributed by atoms with E-state index >= 15 is 0 Å². The molecule has 0 spiro atoms. The molecule has 3 aromatic rings. The van der Waals surface area contributed by atoms with Gasteiger partial charge >= 0.3 is 0 Å². The third-order valence-corrected chi connectivity index (χ3v) is 5.77.